The second kappa shape index (κ2) is 9.01. The zero-order valence-corrected chi connectivity index (χ0v) is 20.5. The third-order valence-corrected chi connectivity index (χ3v) is 7.38. The fraction of sp³-hybridized carbons (Fsp3) is 0.654. The Hall–Kier alpha value is -2.95. The molecule has 0 aromatic carbocycles. The Morgan fingerprint density at radius 2 is 2.03 bits per heavy atom. The smallest absolute Gasteiger partial charge is 0.405 e. The van der Waals surface area contributed by atoms with Crippen LogP contribution in [-0.4, -0.2) is 40.0 Å². The van der Waals surface area contributed by atoms with E-state index < -0.39 is 17.1 Å². The number of carbonyl (C=O) groups excluding carboxylic acids is 2. The molecule has 4 bridgehead atoms. The molecule has 4 saturated carbocycles. The highest BCUT2D eigenvalue weighted by atomic mass is 16.6. The summed E-state index contributed by atoms with van der Waals surface area (Å²) in [6, 6.07) is 0.0332. The van der Waals surface area contributed by atoms with Crippen molar-refractivity contribution < 1.29 is 19.1 Å². The first-order valence-corrected chi connectivity index (χ1v) is 12.2. The molecule has 1 heterocycles. The van der Waals surface area contributed by atoms with Crippen LogP contribution < -0.4 is 15.8 Å². The molecule has 34 heavy (non-hydrogen) atoms. The number of rotatable bonds is 8. The first-order chi connectivity index (χ1) is 16.0. The van der Waals surface area contributed by atoms with Gasteiger partial charge in [0, 0.05) is 17.7 Å². The molecule has 0 aliphatic heterocycles. The van der Waals surface area contributed by atoms with Gasteiger partial charge in [0.25, 0.3) is 5.91 Å². The van der Waals surface area contributed by atoms with Crippen LogP contribution in [-0.2, 0) is 4.74 Å². The van der Waals surface area contributed by atoms with Gasteiger partial charge in [-0.3, -0.25) is 4.79 Å². The third-order valence-electron chi connectivity index (χ3n) is 7.38. The van der Waals surface area contributed by atoms with Crippen LogP contribution >= 0.6 is 0 Å². The first-order valence-electron chi connectivity index (χ1n) is 12.2. The molecule has 1 aromatic heterocycles. The maximum atomic E-state index is 13.4. The van der Waals surface area contributed by atoms with E-state index in [0.29, 0.717) is 24.0 Å². The lowest BCUT2D eigenvalue weighted by atomic mass is 9.52. The summed E-state index contributed by atoms with van der Waals surface area (Å²) in [5, 5.41) is 7.66. The predicted molar refractivity (Wildman–Crippen MR) is 129 cm³/mol. The summed E-state index contributed by atoms with van der Waals surface area (Å²) in [5.41, 5.74) is 4.85. The van der Waals surface area contributed by atoms with Gasteiger partial charge in [-0.05, 0) is 75.7 Å². The summed E-state index contributed by atoms with van der Waals surface area (Å²) in [5.74, 6) is 4.27. The highest BCUT2D eigenvalue weighted by molar-refractivity contribution is 5.96. The summed E-state index contributed by atoms with van der Waals surface area (Å²) in [6.07, 6.45) is 14.5. The number of nitrogens with zero attached hydrogens (tertiary/aromatic N) is 2. The number of allylic oxidation sites excluding steroid dienone is 1. The van der Waals surface area contributed by atoms with E-state index in [9.17, 15) is 9.59 Å². The lowest BCUT2D eigenvalue weighted by Crippen LogP contribution is -2.63. The number of aromatic nitrogens is 2. The molecule has 5 rings (SSSR count). The third kappa shape index (κ3) is 4.94. The summed E-state index contributed by atoms with van der Waals surface area (Å²) in [4.78, 5) is 24.9. The number of nitrogens with one attached hydrogen (secondary N) is 1. The topological polar surface area (TPSA) is 108 Å². The van der Waals surface area contributed by atoms with E-state index in [2.05, 4.69) is 30.2 Å². The van der Waals surface area contributed by atoms with Gasteiger partial charge in [0.15, 0.2) is 0 Å². The van der Waals surface area contributed by atoms with E-state index in [4.69, 9.17) is 21.6 Å². The highest BCUT2D eigenvalue weighted by Gasteiger charge is 2.57. The van der Waals surface area contributed by atoms with E-state index >= 15 is 0 Å². The fourth-order valence-corrected chi connectivity index (χ4v) is 6.06. The van der Waals surface area contributed by atoms with Crippen LogP contribution in [0.1, 0.15) is 70.2 Å². The molecule has 2 amide bonds. The van der Waals surface area contributed by atoms with Crippen LogP contribution in [0.3, 0.4) is 0 Å². The second-order valence-electron chi connectivity index (χ2n) is 11.3. The molecule has 2 atom stereocenters. The van der Waals surface area contributed by atoms with E-state index in [0.717, 1.165) is 32.1 Å². The number of ether oxygens (including phenoxy) is 2. The maximum Gasteiger partial charge on any atom is 0.405 e. The first kappa shape index (κ1) is 24.2. The fourth-order valence-electron chi connectivity index (χ4n) is 6.06. The number of terminal acetylenes is 1. The molecule has 1 aromatic rings. The summed E-state index contributed by atoms with van der Waals surface area (Å²) in [6.45, 7) is 8.42. The molecule has 0 radical (unpaired) electrons. The van der Waals surface area contributed by atoms with Gasteiger partial charge < -0.3 is 20.5 Å². The van der Waals surface area contributed by atoms with Crippen molar-refractivity contribution >= 4 is 18.2 Å². The van der Waals surface area contributed by atoms with Crippen molar-refractivity contribution in [1.82, 2.24) is 15.1 Å². The quantitative estimate of drug-likeness (QED) is 0.564. The Labute approximate surface area is 201 Å². The molecular weight excluding hydrogens is 432 g/mol. The Kier molecular flexibility index (Phi) is 6.41. The van der Waals surface area contributed by atoms with Crippen LogP contribution in [0.4, 0.5) is 4.79 Å². The molecule has 184 valence electrons. The minimum atomic E-state index is -0.706. The maximum absolute atomic E-state index is 13.4. The standard InChI is InChI=1S/C26H36N4O4/c1-6-25(4,5)7-8-30-23(33-15-16(2)3)20(14-28-30)22(31)29-21-18-9-17-10-19(21)13-26(11-17,12-18)34-24(27)32/h1,7-8,14,16-19,21H,9-13,15H2,2-5H3,(H2,27,32)(H,29,31)/b8-7+/t17?,18?,19?,21-,26-. The molecular formula is C26H36N4O4. The molecule has 4 aliphatic carbocycles. The Bertz CT molecular complexity index is 1000. The van der Waals surface area contributed by atoms with Crippen LogP contribution in [0.5, 0.6) is 5.88 Å². The van der Waals surface area contributed by atoms with Crippen LogP contribution in [0.15, 0.2) is 12.3 Å². The van der Waals surface area contributed by atoms with Crippen molar-refractivity contribution in [1.29, 1.82) is 0 Å². The molecule has 2 unspecified atom stereocenters. The Morgan fingerprint density at radius 1 is 1.35 bits per heavy atom. The SMILES string of the molecule is C#CC(C)(C)/C=C/n1ncc(C(=O)N[C@H]2C3CC4CC2C[C@](OC(N)=O)(C4)C3)c1OCC(C)C. The average molecular weight is 469 g/mol. The molecule has 0 saturated heterocycles. The molecule has 0 spiro atoms. The van der Waals surface area contributed by atoms with Crippen molar-refractivity contribution in [2.75, 3.05) is 6.61 Å². The van der Waals surface area contributed by atoms with Gasteiger partial charge in [0.05, 0.1) is 12.8 Å². The number of nitrogens with two attached hydrogens (primary N) is 1. The lowest BCUT2D eigenvalue weighted by molar-refractivity contribution is -0.137. The Balaban J connectivity index is 1.53. The minimum absolute atomic E-state index is 0.0332. The van der Waals surface area contributed by atoms with E-state index in [1.165, 1.54) is 0 Å². The van der Waals surface area contributed by atoms with E-state index in [-0.39, 0.29) is 29.7 Å². The van der Waals surface area contributed by atoms with Gasteiger partial charge >= 0.3 is 6.09 Å². The van der Waals surface area contributed by atoms with Gasteiger partial charge in [0.2, 0.25) is 5.88 Å². The lowest BCUT2D eigenvalue weighted by Gasteiger charge is -2.58. The monoisotopic (exact) mass is 468 g/mol. The van der Waals surface area contributed by atoms with Gasteiger partial charge in [-0.1, -0.05) is 19.8 Å². The normalized spacial score (nSPS) is 29.9. The van der Waals surface area contributed by atoms with Crippen LogP contribution in [0, 0.1) is 41.4 Å². The largest absolute Gasteiger partial charge is 0.477 e. The van der Waals surface area contributed by atoms with Crippen molar-refractivity contribution in [3.8, 4) is 18.2 Å². The molecule has 8 nitrogen and oxygen atoms in total. The number of carbonyl (C=O) groups is 2. The predicted octanol–water partition coefficient (Wildman–Crippen LogP) is 3.82. The van der Waals surface area contributed by atoms with E-state index in [1.54, 1.807) is 17.1 Å². The van der Waals surface area contributed by atoms with Crippen molar-refractivity contribution in [2.45, 2.75) is 71.4 Å². The number of hydrogen-bond donors (Lipinski definition) is 2. The highest BCUT2D eigenvalue weighted by Crippen LogP contribution is 2.57. The second-order valence-corrected chi connectivity index (χ2v) is 11.3. The van der Waals surface area contributed by atoms with Crippen molar-refractivity contribution in [2.24, 2.45) is 34.8 Å². The van der Waals surface area contributed by atoms with Crippen LogP contribution in [0.2, 0.25) is 0 Å². The average Bonchev–Trinajstić information content (AvgIpc) is 3.15. The zero-order chi connectivity index (χ0) is 24.7. The number of hydrogen-bond acceptors (Lipinski definition) is 5. The van der Waals surface area contributed by atoms with Crippen LogP contribution in [0.25, 0.3) is 6.20 Å². The molecule has 4 aliphatic rings. The Morgan fingerprint density at radius 3 is 2.62 bits per heavy atom. The van der Waals surface area contributed by atoms with Gasteiger partial charge in [0.1, 0.15) is 11.2 Å². The summed E-state index contributed by atoms with van der Waals surface area (Å²) in [7, 11) is 0. The summed E-state index contributed by atoms with van der Waals surface area (Å²) >= 11 is 0. The minimum Gasteiger partial charge on any atom is -0.477 e. The van der Waals surface area contributed by atoms with E-state index in [1.807, 2.05) is 19.9 Å². The van der Waals surface area contributed by atoms with Crippen molar-refractivity contribution in [3.05, 3.63) is 17.8 Å². The summed E-state index contributed by atoms with van der Waals surface area (Å²) < 4.78 is 13.2. The number of primary amides is 1. The molecule has 4 fully saturated rings. The molecule has 8 heteroatoms. The van der Waals surface area contributed by atoms with Gasteiger partial charge in [-0.2, -0.15) is 5.10 Å². The number of amides is 2. The molecule has 3 N–H and O–H groups in total. The van der Waals surface area contributed by atoms with Crippen molar-refractivity contribution in [3.63, 3.8) is 0 Å². The zero-order valence-electron chi connectivity index (χ0n) is 20.5. The van der Waals surface area contributed by atoms with Gasteiger partial charge in [-0.15, -0.1) is 6.42 Å². The van der Waals surface area contributed by atoms with Gasteiger partial charge in [-0.25, -0.2) is 9.48 Å².